The lowest BCUT2D eigenvalue weighted by atomic mass is 9.80. The Morgan fingerprint density at radius 3 is 2.45 bits per heavy atom. The van der Waals surface area contributed by atoms with Crippen LogP contribution in [0.4, 0.5) is 13.2 Å². The van der Waals surface area contributed by atoms with Gasteiger partial charge in [0.2, 0.25) is 0 Å². The molecule has 0 aliphatic heterocycles. The first-order valence-corrected chi connectivity index (χ1v) is 9.27. The Hall–Kier alpha value is -3.15. The summed E-state index contributed by atoms with van der Waals surface area (Å²) in [5.41, 5.74) is 2.93. The Bertz CT molecular complexity index is 1130. The van der Waals surface area contributed by atoms with Gasteiger partial charge in [0.05, 0.1) is 22.3 Å². The zero-order valence-corrected chi connectivity index (χ0v) is 15.6. The molecule has 0 fully saturated rings. The van der Waals surface area contributed by atoms with Crippen molar-refractivity contribution in [1.29, 1.82) is 0 Å². The molecule has 1 aromatic heterocycles. The fourth-order valence-electron chi connectivity index (χ4n) is 3.95. The van der Waals surface area contributed by atoms with E-state index in [1.54, 1.807) is 24.3 Å². The standard InChI is InChI=1S/C23H18F3NO2/c1-13-10-15(12-14-6-8-16(9-7-14)23(24,25)26)21-18(11-13)20(22(28)29)17-4-2-3-5-19(17)27-21/h2-9,12-13H,10-11H2,1H3,(H,28,29)/b15-12+. The first-order valence-electron chi connectivity index (χ1n) is 9.27. The molecular weight excluding hydrogens is 379 g/mol. The smallest absolute Gasteiger partial charge is 0.416 e. The van der Waals surface area contributed by atoms with Gasteiger partial charge in [-0.2, -0.15) is 13.2 Å². The molecular formula is C23H18F3NO2. The summed E-state index contributed by atoms with van der Waals surface area (Å²) >= 11 is 0. The molecule has 3 nitrogen and oxygen atoms in total. The fourth-order valence-corrected chi connectivity index (χ4v) is 3.95. The molecule has 6 heteroatoms. The molecule has 1 atom stereocenters. The number of aromatic carboxylic acids is 1. The van der Waals surface area contributed by atoms with Crippen LogP contribution in [-0.4, -0.2) is 16.1 Å². The number of halogens is 3. The number of carbonyl (C=O) groups is 1. The predicted molar refractivity (Wildman–Crippen MR) is 106 cm³/mol. The number of rotatable bonds is 2. The van der Waals surface area contributed by atoms with Crippen LogP contribution in [-0.2, 0) is 12.6 Å². The number of allylic oxidation sites excluding steroid dienone is 1. The van der Waals surface area contributed by atoms with Gasteiger partial charge in [-0.25, -0.2) is 9.78 Å². The maximum absolute atomic E-state index is 12.8. The van der Waals surface area contributed by atoms with E-state index in [1.165, 1.54) is 12.1 Å². The molecule has 0 saturated heterocycles. The largest absolute Gasteiger partial charge is 0.478 e. The van der Waals surface area contributed by atoms with Gasteiger partial charge in [0, 0.05) is 5.39 Å². The van der Waals surface area contributed by atoms with E-state index < -0.39 is 17.7 Å². The van der Waals surface area contributed by atoms with Crippen LogP contribution in [0.2, 0.25) is 0 Å². The molecule has 3 aromatic rings. The van der Waals surface area contributed by atoms with Crippen molar-refractivity contribution in [2.75, 3.05) is 0 Å². The Balaban J connectivity index is 1.88. The number of carboxylic acid groups (broad SMARTS) is 1. The zero-order chi connectivity index (χ0) is 20.8. The van der Waals surface area contributed by atoms with Gasteiger partial charge in [0.25, 0.3) is 0 Å². The van der Waals surface area contributed by atoms with Crippen molar-refractivity contribution in [2.24, 2.45) is 5.92 Å². The second-order valence-electron chi connectivity index (χ2n) is 7.44. The van der Waals surface area contributed by atoms with Crippen LogP contribution in [0.15, 0.2) is 48.5 Å². The number of aromatic nitrogens is 1. The molecule has 0 amide bonds. The van der Waals surface area contributed by atoms with E-state index >= 15 is 0 Å². The minimum absolute atomic E-state index is 0.198. The number of hydrogen-bond donors (Lipinski definition) is 1. The summed E-state index contributed by atoms with van der Waals surface area (Å²) in [6.07, 6.45) is -1.30. The van der Waals surface area contributed by atoms with E-state index in [1.807, 2.05) is 13.0 Å². The lowest BCUT2D eigenvalue weighted by Gasteiger charge is -2.26. The number of para-hydroxylation sites is 1. The molecule has 1 aliphatic rings. The maximum atomic E-state index is 12.8. The van der Waals surface area contributed by atoms with Gasteiger partial charge in [0.15, 0.2) is 0 Å². The summed E-state index contributed by atoms with van der Waals surface area (Å²) < 4.78 is 38.4. The molecule has 0 bridgehead atoms. The first kappa shape index (κ1) is 19.2. The first-order chi connectivity index (χ1) is 13.7. The maximum Gasteiger partial charge on any atom is 0.416 e. The molecule has 1 unspecified atom stereocenters. The van der Waals surface area contributed by atoms with Crippen molar-refractivity contribution < 1.29 is 23.1 Å². The van der Waals surface area contributed by atoms with Crippen molar-refractivity contribution in [3.05, 3.63) is 76.5 Å². The van der Waals surface area contributed by atoms with E-state index in [0.29, 0.717) is 40.6 Å². The SMILES string of the molecule is CC1C/C(=C\c2ccc(C(F)(F)F)cc2)c2nc3ccccc3c(C(=O)O)c2C1. The molecule has 2 aromatic carbocycles. The molecule has 0 radical (unpaired) electrons. The van der Waals surface area contributed by atoms with E-state index in [0.717, 1.165) is 17.7 Å². The van der Waals surface area contributed by atoms with E-state index in [2.05, 4.69) is 0 Å². The second kappa shape index (κ2) is 7.03. The molecule has 1 N–H and O–H groups in total. The Morgan fingerprint density at radius 1 is 1.10 bits per heavy atom. The van der Waals surface area contributed by atoms with Crippen LogP contribution >= 0.6 is 0 Å². The van der Waals surface area contributed by atoms with Gasteiger partial charge >= 0.3 is 12.1 Å². The molecule has 1 heterocycles. The van der Waals surface area contributed by atoms with Crippen LogP contribution in [0.25, 0.3) is 22.6 Å². The number of nitrogens with zero attached hydrogens (tertiary/aromatic N) is 1. The van der Waals surface area contributed by atoms with Crippen LogP contribution in [0.3, 0.4) is 0 Å². The summed E-state index contributed by atoms with van der Waals surface area (Å²) in [5.74, 6) is -0.799. The minimum atomic E-state index is -4.38. The Morgan fingerprint density at radius 2 is 1.79 bits per heavy atom. The summed E-state index contributed by atoms with van der Waals surface area (Å²) in [6, 6.07) is 12.1. The highest BCUT2D eigenvalue weighted by Crippen LogP contribution is 2.38. The number of pyridine rings is 1. The van der Waals surface area contributed by atoms with Crippen molar-refractivity contribution in [2.45, 2.75) is 25.9 Å². The summed E-state index contributed by atoms with van der Waals surface area (Å²) in [6.45, 7) is 2.03. The normalized spacial score (nSPS) is 18.1. The molecule has 4 rings (SSSR count). The number of hydrogen-bond acceptors (Lipinski definition) is 2. The van der Waals surface area contributed by atoms with Gasteiger partial charge in [-0.05, 0) is 59.7 Å². The van der Waals surface area contributed by atoms with E-state index in [4.69, 9.17) is 4.98 Å². The van der Waals surface area contributed by atoms with Crippen molar-refractivity contribution in [1.82, 2.24) is 4.98 Å². The Kier molecular flexibility index (Phi) is 4.65. The molecule has 0 saturated carbocycles. The monoisotopic (exact) mass is 397 g/mol. The number of carboxylic acids is 1. The number of fused-ring (bicyclic) bond motifs is 2. The third-order valence-corrected chi connectivity index (χ3v) is 5.21. The van der Waals surface area contributed by atoms with Gasteiger partial charge in [-0.3, -0.25) is 0 Å². The summed E-state index contributed by atoms with van der Waals surface area (Å²) in [4.78, 5) is 16.8. The fraction of sp³-hybridized carbons (Fsp3) is 0.217. The summed E-state index contributed by atoms with van der Waals surface area (Å²) in [5, 5.41) is 10.5. The highest BCUT2D eigenvalue weighted by molar-refractivity contribution is 6.05. The second-order valence-corrected chi connectivity index (χ2v) is 7.44. The highest BCUT2D eigenvalue weighted by Gasteiger charge is 2.30. The van der Waals surface area contributed by atoms with Crippen molar-refractivity contribution >= 4 is 28.5 Å². The van der Waals surface area contributed by atoms with Gasteiger partial charge in [-0.1, -0.05) is 37.3 Å². The Labute approximate surface area is 165 Å². The molecule has 0 spiro atoms. The van der Waals surface area contributed by atoms with Crippen LogP contribution in [0.1, 0.15) is 46.1 Å². The zero-order valence-electron chi connectivity index (χ0n) is 15.6. The number of alkyl halides is 3. The average molecular weight is 397 g/mol. The topological polar surface area (TPSA) is 50.2 Å². The molecule has 148 valence electrons. The van der Waals surface area contributed by atoms with E-state index in [-0.39, 0.29) is 11.5 Å². The third kappa shape index (κ3) is 3.62. The molecule has 29 heavy (non-hydrogen) atoms. The minimum Gasteiger partial charge on any atom is -0.478 e. The van der Waals surface area contributed by atoms with Gasteiger partial charge in [-0.15, -0.1) is 0 Å². The van der Waals surface area contributed by atoms with Crippen molar-refractivity contribution in [3.63, 3.8) is 0 Å². The number of benzene rings is 2. The quantitative estimate of drug-likeness (QED) is 0.571. The van der Waals surface area contributed by atoms with Crippen LogP contribution in [0.5, 0.6) is 0 Å². The third-order valence-electron chi connectivity index (χ3n) is 5.21. The lowest BCUT2D eigenvalue weighted by Crippen LogP contribution is -2.17. The van der Waals surface area contributed by atoms with Gasteiger partial charge < -0.3 is 5.11 Å². The van der Waals surface area contributed by atoms with E-state index in [9.17, 15) is 23.1 Å². The summed E-state index contributed by atoms with van der Waals surface area (Å²) in [7, 11) is 0. The molecule has 1 aliphatic carbocycles. The van der Waals surface area contributed by atoms with Crippen LogP contribution in [0, 0.1) is 5.92 Å². The van der Waals surface area contributed by atoms with Crippen molar-refractivity contribution in [3.8, 4) is 0 Å². The highest BCUT2D eigenvalue weighted by atomic mass is 19.4. The van der Waals surface area contributed by atoms with Crippen LogP contribution < -0.4 is 0 Å². The average Bonchev–Trinajstić information content (AvgIpc) is 2.66. The van der Waals surface area contributed by atoms with Gasteiger partial charge in [0.1, 0.15) is 0 Å². The predicted octanol–water partition coefficient (Wildman–Crippen LogP) is 6.07. The lowest BCUT2D eigenvalue weighted by molar-refractivity contribution is -0.137.